The largest absolute Gasteiger partial charge is 0.467 e. The number of rotatable bonds is 4. The van der Waals surface area contributed by atoms with Crippen LogP contribution >= 0.6 is 23.2 Å². The number of nitrogens with one attached hydrogen (secondary N) is 1. The van der Waals surface area contributed by atoms with Crippen molar-refractivity contribution in [2.45, 2.75) is 18.2 Å². The van der Waals surface area contributed by atoms with Gasteiger partial charge in [-0.1, -0.05) is 23.2 Å². The van der Waals surface area contributed by atoms with Crippen LogP contribution < -0.4 is 5.32 Å². The third-order valence-corrected chi connectivity index (χ3v) is 3.16. The Morgan fingerprint density at radius 1 is 1.32 bits per heavy atom. The van der Waals surface area contributed by atoms with Gasteiger partial charge in [0.25, 0.3) is 5.60 Å². The summed E-state index contributed by atoms with van der Waals surface area (Å²) in [6.07, 6.45) is -6.97. The van der Waals surface area contributed by atoms with Crippen molar-refractivity contribution < 1.29 is 32.6 Å². The zero-order valence-electron chi connectivity index (χ0n) is 11.0. The fraction of sp³-hybridized carbons (Fsp3) is 0.333. The average Bonchev–Trinajstić information content (AvgIpc) is 2.39. The van der Waals surface area contributed by atoms with E-state index in [2.05, 4.69) is 4.74 Å². The molecule has 2 N–H and O–H groups in total. The van der Waals surface area contributed by atoms with E-state index >= 15 is 0 Å². The zero-order valence-corrected chi connectivity index (χ0v) is 12.5. The van der Waals surface area contributed by atoms with Gasteiger partial charge in [-0.3, -0.25) is 4.79 Å². The van der Waals surface area contributed by atoms with Crippen LogP contribution in [0.4, 0.5) is 18.9 Å². The lowest BCUT2D eigenvalue weighted by Gasteiger charge is -2.26. The predicted molar refractivity (Wildman–Crippen MR) is 72.7 cm³/mol. The summed E-state index contributed by atoms with van der Waals surface area (Å²) in [5.74, 6) is -3.27. The Balaban J connectivity index is 2.95. The summed E-state index contributed by atoms with van der Waals surface area (Å²) >= 11 is 11.4. The van der Waals surface area contributed by atoms with Crippen LogP contribution in [0.1, 0.15) is 6.42 Å². The second-order valence-electron chi connectivity index (χ2n) is 4.20. The average molecular weight is 360 g/mol. The van der Waals surface area contributed by atoms with Crippen molar-refractivity contribution in [3.05, 3.63) is 28.2 Å². The molecule has 0 aliphatic rings. The van der Waals surface area contributed by atoms with Crippen molar-refractivity contribution in [2.24, 2.45) is 0 Å². The molecule has 0 bridgehead atoms. The van der Waals surface area contributed by atoms with Gasteiger partial charge in [-0.15, -0.1) is 0 Å². The van der Waals surface area contributed by atoms with Gasteiger partial charge >= 0.3 is 12.1 Å². The van der Waals surface area contributed by atoms with Gasteiger partial charge in [0.1, 0.15) is 0 Å². The number of methoxy groups -OCH3 is 1. The van der Waals surface area contributed by atoms with Crippen LogP contribution in [-0.4, -0.2) is 35.9 Å². The minimum atomic E-state index is -5.39. The highest BCUT2D eigenvalue weighted by atomic mass is 35.5. The first-order valence-electron chi connectivity index (χ1n) is 5.63. The Morgan fingerprint density at radius 3 is 2.36 bits per heavy atom. The lowest BCUT2D eigenvalue weighted by Crippen LogP contribution is -2.54. The van der Waals surface area contributed by atoms with Crippen LogP contribution in [0.15, 0.2) is 18.2 Å². The highest BCUT2D eigenvalue weighted by Gasteiger charge is 2.61. The number of esters is 1. The molecular formula is C12H10Cl2F3NO4. The number of hydrogen-bond acceptors (Lipinski definition) is 4. The molecule has 0 aromatic heterocycles. The third kappa shape index (κ3) is 4.02. The van der Waals surface area contributed by atoms with E-state index in [0.29, 0.717) is 7.11 Å². The SMILES string of the molecule is COC(=O)[C@](O)(CC(=O)Nc1ccc(Cl)cc1Cl)C(F)(F)F. The molecule has 1 aromatic rings. The van der Waals surface area contributed by atoms with Gasteiger partial charge in [0.05, 0.1) is 24.2 Å². The first-order valence-corrected chi connectivity index (χ1v) is 6.39. The minimum absolute atomic E-state index is 0.0190. The summed E-state index contributed by atoms with van der Waals surface area (Å²) < 4.78 is 42.3. The number of anilines is 1. The van der Waals surface area contributed by atoms with E-state index in [4.69, 9.17) is 23.2 Å². The van der Waals surface area contributed by atoms with Crippen LogP contribution in [0.2, 0.25) is 10.0 Å². The highest BCUT2D eigenvalue weighted by Crippen LogP contribution is 2.35. The van der Waals surface area contributed by atoms with Gasteiger partial charge in [0.15, 0.2) is 0 Å². The van der Waals surface area contributed by atoms with Crippen LogP contribution in [0.3, 0.4) is 0 Å². The number of carbonyl (C=O) groups is 2. The molecule has 0 spiro atoms. The molecule has 0 saturated heterocycles. The number of halogens is 5. The Bertz CT molecular complexity index is 594. The summed E-state index contributed by atoms with van der Waals surface area (Å²) in [6.45, 7) is 0. The minimum Gasteiger partial charge on any atom is -0.467 e. The van der Waals surface area contributed by atoms with Gasteiger partial charge in [-0.2, -0.15) is 13.2 Å². The Labute approximate surface area is 133 Å². The van der Waals surface area contributed by atoms with E-state index in [1.165, 1.54) is 18.2 Å². The monoisotopic (exact) mass is 359 g/mol. The van der Waals surface area contributed by atoms with Crippen LogP contribution in [0.5, 0.6) is 0 Å². The maximum absolute atomic E-state index is 12.8. The zero-order chi connectivity index (χ0) is 17.1. The molecule has 0 heterocycles. The molecule has 5 nitrogen and oxygen atoms in total. The van der Waals surface area contributed by atoms with Gasteiger partial charge in [0, 0.05) is 5.02 Å². The summed E-state index contributed by atoms with van der Waals surface area (Å²) in [4.78, 5) is 22.8. The second kappa shape index (κ2) is 6.72. The fourth-order valence-corrected chi connectivity index (χ4v) is 1.93. The number of benzene rings is 1. The molecule has 22 heavy (non-hydrogen) atoms. The smallest absolute Gasteiger partial charge is 0.428 e. The summed E-state index contributed by atoms with van der Waals surface area (Å²) in [7, 11) is 0.660. The maximum atomic E-state index is 12.8. The molecule has 0 unspecified atom stereocenters. The van der Waals surface area contributed by atoms with E-state index in [9.17, 15) is 27.9 Å². The van der Waals surface area contributed by atoms with Crippen LogP contribution in [0, 0.1) is 0 Å². The van der Waals surface area contributed by atoms with Crippen molar-refractivity contribution in [1.29, 1.82) is 0 Å². The van der Waals surface area contributed by atoms with Crippen molar-refractivity contribution in [3.63, 3.8) is 0 Å². The Kier molecular flexibility index (Phi) is 5.66. The summed E-state index contributed by atoms with van der Waals surface area (Å²) in [6, 6.07) is 3.86. The standard InChI is InChI=1S/C12H10Cl2F3NO4/c1-22-10(20)11(21,12(15,16)17)5-9(19)18-8-3-2-6(13)4-7(8)14/h2-4,21H,5H2,1H3,(H,18,19)/t11-/m1/s1. The summed E-state index contributed by atoms with van der Waals surface area (Å²) in [5.41, 5.74) is -3.98. The Hall–Kier alpha value is -1.51. The Morgan fingerprint density at radius 2 is 1.91 bits per heavy atom. The fourth-order valence-electron chi connectivity index (χ4n) is 1.47. The highest BCUT2D eigenvalue weighted by molar-refractivity contribution is 6.36. The number of alkyl halides is 3. The van der Waals surface area contributed by atoms with E-state index in [0.717, 1.165) is 0 Å². The first-order chi connectivity index (χ1) is 10.0. The van der Waals surface area contributed by atoms with Crippen molar-refractivity contribution in [3.8, 4) is 0 Å². The topological polar surface area (TPSA) is 75.6 Å². The number of ether oxygens (including phenoxy) is 1. The molecular weight excluding hydrogens is 350 g/mol. The van der Waals surface area contributed by atoms with Gasteiger partial charge < -0.3 is 15.2 Å². The van der Waals surface area contributed by atoms with Crippen molar-refractivity contribution in [1.82, 2.24) is 0 Å². The van der Waals surface area contributed by atoms with E-state index < -0.39 is 30.1 Å². The van der Waals surface area contributed by atoms with Gasteiger partial charge in [0.2, 0.25) is 5.91 Å². The number of hydrogen-bond donors (Lipinski definition) is 2. The molecule has 0 aliphatic carbocycles. The van der Waals surface area contributed by atoms with Crippen LogP contribution in [-0.2, 0) is 14.3 Å². The second-order valence-corrected chi connectivity index (χ2v) is 5.04. The maximum Gasteiger partial charge on any atom is 0.428 e. The van der Waals surface area contributed by atoms with Gasteiger partial charge in [-0.25, -0.2) is 4.79 Å². The molecule has 0 radical (unpaired) electrons. The number of aliphatic hydroxyl groups is 1. The lowest BCUT2D eigenvalue weighted by molar-refractivity contribution is -0.261. The molecule has 10 heteroatoms. The third-order valence-electron chi connectivity index (χ3n) is 2.61. The molecule has 1 amide bonds. The predicted octanol–water partition coefficient (Wildman–Crippen LogP) is 2.79. The van der Waals surface area contributed by atoms with E-state index in [1.807, 2.05) is 5.32 Å². The molecule has 0 aliphatic heterocycles. The molecule has 0 saturated carbocycles. The molecule has 1 aromatic carbocycles. The van der Waals surface area contributed by atoms with Crippen molar-refractivity contribution >= 4 is 40.8 Å². The molecule has 122 valence electrons. The quantitative estimate of drug-likeness (QED) is 0.810. The number of amides is 1. The molecule has 1 atom stereocenters. The lowest BCUT2D eigenvalue weighted by atomic mass is 9.98. The molecule has 1 rings (SSSR count). The summed E-state index contributed by atoms with van der Waals surface area (Å²) in [5, 5.41) is 11.7. The van der Waals surface area contributed by atoms with E-state index in [1.54, 1.807) is 0 Å². The first kappa shape index (κ1) is 18.5. The normalized spacial score (nSPS) is 14.1. The van der Waals surface area contributed by atoms with E-state index in [-0.39, 0.29) is 15.7 Å². The van der Waals surface area contributed by atoms with Crippen molar-refractivity contribution in [2.75, 3.05) is 12.4 Å². The number of carbonyl (C=O) groups excluding carboxylic acids is 2. The van der Waals surface area contributed by atoms with Gasteiger partial charge in [-0.05, 0) is 18.2 Å². The molecule has 0 fully saturated rings. The van der Waals surface area contributed by atoms with Crippen LogP contribution in [0.25, 0.3) is 0 Å².